The molecule has 2 rings (SSSR count). The molecule has 0 spiro atoms. The molecule has 1 aromatic heterocycles. The Bertz CT molecular complexity index is 557. The zero-order valence-corrected chi connectivity index (χ0v) is 12.9. The third-order valence-corrected chi connectivity index (χ3v) is 4.57. The summed E-state index contributed by atoms with van der Waals surface area (Å²) in [4.78, 5) is 4.27. The van der Waals surface area contributed by atoms with Crippen molar-refractivity contribution in [3.63, 3.8) is 0 Å². The molecule has 1 aromatic carbocycles. The molecule has 0 atom stereocenters. The Balaban J connectivity index is 2.28. The van der Waals surface area contributed by atoms with Crippen LogP contribution in [0.2, 0.25) is 0 Å². The minimum Gasteiger partial charge on any atom is -0.396 e. The van der Waals surface area contributed by atoms with Gasteiger partial charge in [-0.15, -0.1) is 0 Å². The maximum Gasteiger partial charge on any atom is 0.153 e. The molecule has 3 nitrogen and oxygen atoms in total. The van der Waals surface area contributed by atoms with Gasteiger partial charge in [0.2, 0.25) is 0 Å². The number of nitrogens with zero attached hydrogens (tertiary/aromatic N) is 1. The van der Waals surface area contributed by atoms with Crippen LogP contribution < -0.4 is 11.1 Å². The Morgan fingerprint density at radius 2 is 2.12 bits per heavy atom. The molecule has 2 aromatic rings. The summed E-state index contributed by atoms with van der Waals surface area (Å²) in [5.74, 6) is 0.684. The topological polar surface area (TPSA) is 50.9 Å². The van der Waals surface area contributed by atoms with Crippen LogP contribution in [0.25, 0.3) is 0 Å². The number of rotatable bonds is 2. The average molecular weight is 404 g/mol. The molecule has 0 radical (unpaired) electrons. The van der Waals surface area contributed by atoms with Gasteiger partial charge in [0.15, 0.2) is 5.82 Å². The van der Waals surface area contributed by atoms with Crippen molar-refractivity contribution >= 4 is 55.7 Å². The molecule has 0 fully saturated rings. The molecule has 0 aliphatic heterocycles. The number of nitrogen functional groups attached to an aromatic ring is 1. The second-order valence-electron chi connectivity index (χ2n) is 3.70. The van der Waals surface area contributed by atoms with Crippen LogP contribution in [0.5, 0.6) is 0 Å². The third-order valence-electron chi connectivity index (χ3n) is 2.24. The Morgan fingerprint density at radius 3 is 2.76 bits per heavy atom. The third kappa shape index (κ3) is 3.10. The smallest absolute Gasteiger partial charge is 0.153 e. The molecule has 0 aliphatic rings. The molecule has 0 saturated carbocycles. The first-order chi connectivity index (χ1) is 8.06. The zero-order chi connectivity index (χ0) is 12.4. The fraction of sp³-hybridized carbons (Fsp3) is 0.0833. The van der Waals surface area contributed by atoms with Gasteiger partial charge >= 0.3 is 0 Å². The van der Waals surface area contributed by atoms with Crippen molar-refractivity contribution in [2.45, 2.75) is 6.92 Å². The highest BCUT2D eigenvalue weighted by atomic mass is 127. The molecular formula is C12H11BrIN3. The summed E-state index contributed by atoms with van der Waals surface area (Å²) in [6.45, 7) is 1.97. The van der Waals surface area contributed by atoms with Crippen LogP contribution in [0.15, 0.2) is 34.9 Å². The van der Waals surface area contributed by atoms with Crippen LogP contribution in [0.4, 0.5) is 17.2 Å². The lowest BCUT2D eigenvalue weighted by molar-refractivity contribution is 1.26. The van der Waals surface area contributed by atoms with Crippen LogP contribution in [0.1, 0.15) is 5.56 Å². The van der Waals surface area contributed by atoms with E-state index in [0.717, 1.165) is 19.3 Å². The van der Waals surface area contributed by atoms with Crippen molar-refractivity contribution < 1.29 is 0 Å². The molecule has 0 saturated heterocycles. The Morgan fingerprint density at radius 1 is 1.35 bits per heavy atom. The molecule has 0 amide bonds. The van der Waals surface area contributed by atoms with E-state index >= 15 is 0 Å². The molecule has 0 bridgehead atoms. The van der Waals surface area contributed by atoms with Gasteiger partial charge in [0.25, 0.3) is 0 Å². The van der Waals surface area contributed by atoms with Crippen molar-refractivity contribution in [1.82, 2.24) is 4.98 Å². The van der Waals surface area contributed by atoms with Gasteiger partial charge < -0.3 is 11.1 Å². The highest BCUT2D eigenvalue weighted by molar-refractivity contribution is 14.1. The fourth-order valence-electron chi connectivity index (χ4n) is 1.41. The number of halogens is 2. The van der Waals surface area contributed by atoms with Crippen molar-refractivity contribution in [2.24, 2.45) is 0 Å². The lowest BCUT2D eigenvalue weighted by Crippen LogP contribution is -1.99. The standard InChI is InChI=1S/C12H11BrIN3/c1-7-4-11(15)12(16-6-7)17-8-2-3-10(14)9(13)5-8/h2-6H,15H2,1H3,(H,16,17). The Hall–Kier alpha value is -0.820. The van der Waals surface area contributed by atoms with Crippen molar-refractivity contribution in [3.05, 3.63) is 44.1 Å². The van der Waals surface area contributed by atoms with E-state index in [1.807, 2.05) is 31.2 Å². The lowest BCUT2D eigenvalue weighted by atomic mass is 10.2. The van der Waals surface area contributed by atoms with E-state index in [9.17, 15) is 0 Å². The van der Waals surface area contributed by atoms with Crippen molar-refractivity contribution in [3.8, 4) is 0 Å². The predicted molar refractivity (Wildman–Crippen MR) is 83.5 cm³/mol. The van der Waals surface area contributed by atoms with E-state index in [-0.39, 0.29) is 0 Å². The highest BCUT2D eigenvalue weighted by Crippen LogP contribution is 2.26. The Kier molecular flexibility index (Phi) is 3.88. The first-order valence-electron chi connectivity index (χ1n) is 5.00. The molecule has 17 heavy (non-hydrogen) atoms. The van der Waals surface area contributed by atoms with Gasteiger partial charge in [0.05, 0.1) is 5.69 Å². The molecular weight excluding hydrogens is 393 g/mol. The number of nitrogens with one attached hydrogen (secondary N) is 1. The van der Waals surface area contributed by atoms with E-state index in [4.69, 9.17) is 5.73 Å². The van der Waals surface area contributed by atoms with E-state index in [1.165, 1.54) is 0 Å². The van der Waals surface area contributed by atoms with Crippen LogP contribution in [-0.4, -0.2) is 4.98 Å². The molecule has 1 heterocycles. The highest BCUT2D eigenvalue weighted by Gasteiger charge is 2.03. The first kappa shape index (κ1) is 12.6. The number of aromatic nitrogens is 1. The number of anilines is 3. The fourth-order valence-corrected chi connectivity index (χ4v) is 2.12. The summed E-state index contributed by atoms with van der Waals surface area (Å²) in [6.07, 6.45) is 1.79. The minimum atomic E-state index is 0.652. The van der Waals surface area contributed by atoms with Crippen molar-refractivity contribution in [1.29, 1.82) is 0 Å². The zero-order valence-electron chi connectivity index (χ0n) is 9.17. The molecule has 88 valence electrons. The summed E-state index contributed by atoms with van der Waals surface area (Å²) < 4.78 is 2.21. The second kappa shape index (κ2) is 5.22. The molecule has 3 N–H and O–H groups in total. The van der Waals surface area contributed by atoms with E-state index < -0.39 is 0 Å². The monoisotopic (exact) mass is 403 g/mol. The number of hydrogen-bond acceptors (Lipinski definition) is 3. The maximum absolute atomic E-state index is 5.90. The van der Waals surface area contributed by atoms with Gasteiger partial charge in [-0.2, -0.15) is 0 Å². The quantitative estimate of drug-likeness (QED) is 0.742. The number of nitrogens with two attached hydrogens (primary N) is 1. The number of aryl methyl sites for hydroxylation is 1. The molecule has 0 unspecified atom stereocenters. The van der Waals surface area contributed by atoms with Crippen molar-refractivity contribution in [2.75, 3.05) is 11.1 Å². The second-order valence-corrected chi connectivity index (χ2v) is 5.72. The number of benzene rings is 1. The van der Waals surface area contributed by atoms with Crippen LogP contribution >= 0.6 is 38.5 Å². The van der Waals surface area contributed by atoms with Gasteiger partial charge in [0.1, 0.15) is 0 Å². The molecule has 5 heteroatoms. The van der Waals surface area contributed by atoms with Gasteiger partial charge in [0, 0.05) is 19.9 Å². The van der Waals surface area contributed by atoms with Crippen LogP contribution in [0.3, 0.4) is 0 Å². The van der Waals surface area contributed by atoms with Gasteiger partial charge in [-0.1, -0.05) is 0 Å². The van der Waals surface area contributed by atoms with Gasteiger partial charge in [-0.3, -0.25) is 0 Å². The lowest BCUT2D eigenvalue weighted by Gasteiger charge is -2.09. The molecule has 0 aliphatic carbocycles. The summed E-state index contributed by atoms with van der Waals surface area (Å²) in [5, 5.41) is 3.20. The summed E-state index contributed by atoms with van der Waals surface area (Å²) in [5.41, 5.74) is 8.56. The Labute approximate surface area is 122 Å². The van der Waals surface area contributed by atoms with Crippen LogP contribution in [0, 0.1) is 10.5 Å². The first-order valence-corrected chi connectivity index (χ1v) is 6.87. The van der Waals surface area contributed by atoms with E-state index in [0.29, 0.717) is 11.5 Å². The maximum atomic E-state index is 5.90. The summed E-state index contributed by atoms with van der Waals surface area (Å²) in [7, 11) is 0. The normalized spacial score (nSPS) is 10.3. The minimum absolute atomic E-state index is 0.652. The SMILES string of the molecule is Cc1cnc(Nc2ccc(I)c(Br)c2)c(N)c1. The number of hydrogen-bond donors (Lipinski definition) is 2. The van der Waals surface area contributed by atoms with Gasteiger partial charge in [-0.05, 0) is 75.3 Å². The van der Waals surface area contributed by atoms with E-state index in [1.54, 1.807) is 6.20 Å². The summed E-state index contributed by atoms with van der Waals surface area (Å²) >= 11 is 5.76. The predicted octanol–water partition coefficient (Wildman–Crippen LogP) is 4.08. The largest absolute Gasteiger partial charge is 0.396 e. The van der Waals surface area contributed by atoms with E-state index in [2.05, 4.69) is 48.8 Å². The average Bonchev–Trinajstić information content (AvgIpc) is 2.27. The number of pyridine rings is 1. The van der Waals surface area contributed by atoms with Crippen LogP contribution in [-0.2, 0) is 0 Å². The van der Waals surface area contributed by atoms with Gasteiger partial charge in [-0.25, -0.2) is 4.98 Å². The summed E-state index contributed by atoms with van der Waals surface area (Å²) in [6, 6.07) is 7.92.